The van der Waals surface area contributed by atoms with Gasteiger partial charge in [0, 0.05) is 31.7 Å². The molecule has 0 radical (unpaired) electrons. The Kier molecular flexibility index (Phi) is 7.08. The van der Waals surface area contributed by atoms with E-state index in [1.54, 1.807) is 7.11 Å². The van der Waals surface area contributed by atoms with Gasteiger partial charge in [-0.3, -0.25) is 9.47 Å². The third-order valence-corrected chi connectivity index (χ3v) is 6.63. The second-order valence-electron chi connectivity index (χ2n) is 8.58. The first-order valence-electron chi connectivity index (χ1n) is 11.4. The van der Waals surface area contributed by atoms with E-state index in [4.69, 9.17) is 22.1 Å². The van der Waals surface area contributed by atoms with Gasteiger partial charge in [0.1, 0.15) is 5.75 Å². The zero-order valence-corrected chi connectivity index (χ0v) is 20.3. The van der Waals surface area contributed by atoms with Gasteiger partial charge in [-0.15, -0.1) is 5.10 Å². The predicted octanol–water partition coefficient (Wildman–Crippen LogP) is 4.80. The Hall–Kier alpha value is -2.48. The molecule has 2 aromatic carbocycles. The number of piperazine rings is 1. The molecule has 0 saturated carbocycles. The summed E-state index contributed by atoms with van der Waals surface area (Å²) in [5.41, 5.74) is 3.37. The fraction of sp³-hybridized carbons (Fsp3) is 0.440. The van der Waals surface area contributed by atoms with Crippen LogP contribution in [0.15, 0.2) is 48.5 Å². The van der Waals surface area contributed by atoms with Crippen molar-refractivity contribution in [3.63, 3.8) is 0 Å². The number of nitrogens with zero attached hydrogens (tertiary/aromatic N) is 5. The van der Waals surface area contributed by atoms with Crippen molar-refractivity contribution in [1.82, 2.24) is 24.1 Å². The highest BCUT2D eigenvalue weighted by atomic mass is 32.1. The van der Waals surface area contributed by atoms with Crippen LogP contribution in [-0.4, -0.2) is 64.0 Å². The Labute approximate surface area is 196 Å². The van der Waals surface area contributed by atoms with Crippen LogP contribution in [0.25, 0.3) is 17.1 Å². The van der Waals surface area contributed by atoms with Gasteiger partial charge < -0.3 is 9.64 Å². The first-order valence-corrected chi connectivity index (χ1v) is 11.8. The molecule has 0 N–H and O–H groups in total. The monoisotopic (exact) mass is 451 g/mol. The molecule has 1 aliphatic rings. The van der Waals surface area contributed by atoms with Crippen molar-refractivity contribution in [2.45, 2.75) is 33.4 Å². The van der Waals surface area contributed by atoms with Gasteiger partial charge in [0.25, 0.3) is 0 Å². The molecule has 170 valence electrons. The second kappa shape index (κ2) is 9.98. The van der Waals surface area contributed by atoms with Gasteiger partial charge >= 0.3 is 0 Å². The normalized spacial score (nSPS) is 15.4. The van der Waals surface area contributed by atoms with Crippen LogP contribution in [0.5, 0.6) is 5.75 Å². The van der Waals surface area contributed by atoms with Crippen LogP contribution in [0.1, 0.15) is 32.3 Å². The third kappa shape index (κ3) is 4.65. The topological polar surface area (TPSA) is 38.5 Å². The molecule has 0 aliphatic carbocycles. The summed E-state index contributed by atoms with van der Waals surface area (Å²) in [6.45, 7) is 12.7. The minimum absolute atomic E-state index is 0.377. The lowest BCUT2D eigenvalue weighted by atomic mass is 10.0. The van der Waals surface area contributed by atoms with Crippen LogP contribution in [0.4, 0.5) is 0 Å². The molecule has 0 spiro atoms. The smallest absolute Gasteiger partial charge is 0.204 e. The van der Waals surface area contributed by atoms with E-state index in [2.05, 4.69) is 71.5 Å². The molecular formula is C25H33N5OS. The fourth-order valence-electron chi connectivity index (χ4n) is 4.26. The van der Waals surface area contributed by atoms with Crippen molar-refractivity contribution in [1.29, 1.82) is 0 Å². The summed E-state index contributed by atoms with van der Waals surface area (Å²) in [5.74, 6) is 2.06. The van der Waals surface area contributed by atoms with Crippen LogP contribution >= 0.6 is 12.2 Å². The number of ether oxygens (including phenoxy) is 1. The maximum atomic E-state index is 6.01. The van der Waals surface area contributed by atoms with E-state index >= 15 is 0 Å². The summed E-state index contributed by atoms with van der Waals surface area (Å²) < 4.78 is 10.2. The van der Waals surface area contributed by atoms with Crippen molar-refractivity contribution >= 4 is 12.2 Å². The molecule has 6 nitrogen and oxygen atoms in total. The molecule has 4 rings (SSSR count). The van der Waals surface area contributed by atoms with Crippen LogP contribution in [0.2, 0.25) is 0 Å². The lowest BCUT2D eigenvalue weighted by molar-refractivity contribution is 0.106. The lowest BCUT2D eigenvalue weighted by Gasteiger charge is -2.33. The predicted molar refractivity (Wildman–Crippen MR) is 132 cm³/mol. The zero-order chi connectivity index (χ0) is 22.7. The summed E-state index contributed by atoms with van der Waals surface area (Å²) in [5, 5.41) is 5.02. The highest BCUT2D eigenvalue weighted by molar-refractivity contribution is 7.71. The average Bonchev–Trinajstić information content (AvgIpc) is 3.15. The number of methoxy groups -OCH3 is 1. The second-order valence-corrected chi connectivity index (χ2v) is 8.94. The maximum absolute atomic E-state index is 6.01. The van der Waals surface area contributed by atoms with Crippen molar-refractivity contribution < 1.29 is 4.74 Å². The first kappa shape index (κ1) is 22.7. The number of aromatic nitrogens is 3. The number of likely N-dealkylation sites (N-methyl/N-ethyl adjacent to an activating group) is 1. The SMILES string of the molecule is CCN1CCN(Cn2nc(-c3ccc(OC)cc3)n(-c3ccccc3C(C)C)c2=S)CC1. The minimum atomic E-state index is 0.377. The first-order chi connectivity index (χ1) is 15.5. The van der Waals surface area contributed by atoms with Gasteiger partial charge in [0.05, 0.1) is 19.5 Å². The van der Waals surface area contributed by atoms with Crippen LogP contribution in [-0.2, 0) is 6.67 Å². The molecule has 32 heavy (non-hydrogen) atoms. The van der Waals surface area contributed by atoms with E-state index in [1.165, 1.54) is 5.56 Å². The van der Waals surface area contributed by atoms with E-state index in [1.807, 2.05) is 16.8 Å². The molecule has 1 fully saturated rings. The maximum Gasteiger partial charge on any atom is 0.204 e. The molecule has 0 bridgehead atoms. The van der Waals surface area contributed by atoms with Gasteiger partial charge in [-0.2, -0.15) is 0 Å². The standard InChI is InChI=1S/C25H33N5OS/c1-5-27-14-16-28(17-15-27)18-29-25(32)30(23-9-7-6-8-22(23)19(2)3)24(26-29)20-10-12-21(31-4)13-11-20/h6-13,19H,5,14-18H2,1-4H3. The summed E-state index contributed by atoms with van der Waals surface area (Å²) in [6.07, 6.45) is 0. The van der Waals surface area contributed by atoms with E-state index in [-0.39, 0.29) is 0 Å². The van der Waals surface area contributed by atoms with Crippen molar-refractivity contribution in [3.8, 4) is 22.8 Å². The average molecular weight is 452 g/mol. The summed E-state index contributed by atoms with van der Waals surface area (Å²) in [4.78, 5) is 4.92. The summed E-state index contributed by atoms with van der Waals surface area (Å²) >= 11 is 6.01. The minimum Gasteiger partial charge on any atom is -0.497 e. The van der Waals surface area contributed by atoms with E-state index in [0.29, 0.717) is 12.6 Å². The molecule has 0 unspecified atom stereocenters. The van der Waals surface area contributed by atoms with E-state index in [0.717, 1.165) is 60.3 Å². The van der Waals surface area contributed by atoms with Gasteiger partial charge in [-0.1, -0.05) is 39.0 Å². The highest BCUT2D eigenvalue weighted by Crippen LogP contribution is 2.29. The molecule has 1 aliphatic heterocycles. The Morgan fingerprint density at radius 3 is 2.25 bits per heavy atom. The molecule has 1 saturated heterocycles. The zero-order valence-electron chi connectivity index (χ0n) is 19.5. The Balaban J connectivity index is 1.78. The number of hydrogen-bond donors (Lipinski definition) is 0. The Morgan fingerprint density at radius 2 is 1.62 bits per heavy atom. The van der Waals surface area contributed by atoms with Gasteiger partial charge in [0.15, 0.2) is 5.82 Å². The van der Waals surface area contributed by atoms with Crippen molar-refractivity contribution in [2.75, 3.05) is 39.8 Å². The molecule has 1 aromatic heterocycles. The van der Waals surface area contributed by atoms with Gasteiger partial charge in [-0.25, -0.2) is 4.68 Å². The molecule has 0 amide bonds. The quantitative estimate of drug-likeness (QED) is 0.483. The number of hydrogen-bond acceptors (Lipinski definition) is 5. The molecule has 0 atom stereocenters. The fourth-order valence-corrected chi connectivity index (χ4v) is 4.54. The molecule has 3 aromatic rings. The van der Waals surface area contributed by atoms with Gasteiger partial charge in [0.2, 0.25) is 4.77 Å². The Morgan fingerprint density at radius 1 is 0.969 bits per heavy atom. The summed E-state index contributed by atoms with van der Waals surface area (Å²) in [7, 11) is 1.68. The van der Waals surface area contributed by atoms with Crippen molar-refractivity contribution in [2.24, 2.45) is 0 Å². The van der Waals surface area contributed by atoms with Gasteiger partial charge in [-0.05, 0) is 60.6 Å². The molecular weight excluding hydrogens is 418 g/mol. The number of benzene rings is 2. The summed E-state index contributed by atoms with van der Waals surface area (Å²) in [6, 6.07) is 16.5. The van der Waals surface area contributed by atoms with Crippen LogP contribution in [0, 0.1) is 4.77 Å². The lowest BCUT2D eigenvalue weighted by Crippen LogP contribution is -2.46. The number of rotatable bonds is 7. The van der Waals surface area contributed by atoms with E-state index < -0.39 is 0 Å². The van der Waals surface area contributed by atoms with Crippen LogP contribution in [0.3, 0.4) is 0 Å². The molecule has 7 heteroatoms. The third-order valence-electron chi connectivity index (χ3n) is 6.23. The molecule has 2 heterocycles. The highest BCUT2D eigenvalue weighted by Gasteiger charge is 2.21. The largest absolute Gasteiger partial charge is 0.497 e. The van der Waals surface area contributed by atoms with Crippen molar-refractivity contribution in [3.05, 3.63) is 58.9 Å². The van der Waals surface area contributed by atoms with E-state index in [9.17, 15) is 0 Å². The Bertz CT molecular complexity index is 1090. The van der Waals surface area contributed by atoms with Crippen LogP contribution < -0.4 is 4.74 Å². The number of para-hydroxylation sites is 1.